The highest BCUT2D eigenvalue weighted by atomic mass is 79.9. The molecule has 0 spiro atoms. The Morgan fingerprint density at radius 2 is 1.86 bits per heavy atom. The molecule has 0 heterocycles. The Morgan fingerprint density at radius 1 is 1.29 bits per heavy atom. The van der Waals surface area contributed by atoms with Crippen LogP contribution >= 0.6 is 15.9 Å². The number of aryl methyl sites for hydroxylation is 1. The van der Waals surface area contributed by atoms with E-state index in [9.17, 15) is 5.11 Å². The lowest BCUT2D eigenvalue weighted by Gasteiger charge is -2.23. The number of aliphatic hydroxyl groups excluding tert-OH is 1. The summed E-state index contributed by atoms with van der Waals surface area (Å²) in [5, 5.41) is 9.28. The van der Waals surface area contributed by atoms with E-state index >= 15 is 0 Å². The molecule has 2 heteroatoms. The van der Waals surface area contributed by atoms with Crippen LogP contribution in [0.15, 0.2) is 16.6 Å². The lowest BCUT2D eigenvalue weighted by atomic mass is 9.84. The summed E-state index contributed by atoms with van der Waals surface area (Å²) in [6, 6.07) is 4.24. The molecular weight excluding hydrogens is 240 g/mol. The first-order chi connectivity index (χ1) is 6.38. The maximum atomic E-state index is 9.28. The predicted octanol–water partition coefficient (Wildman–Crippen LogP) is 3.34. The van der Waals surface area contributed by atoms with Crippen molar-refractivity contribution in [2.45, 2.75) is 33.1 Å². The first-order valence-electron chi connectivity index (χ1n) is 4.76. The number of benzene rings is 1. The van der Waals surface area contributed by atoms with E-state index in [0.717, 1.165) is 4.47 Å². The van der Waals surface area contributed by atoms with E-state index in [2.05, 4.69) is 41.9 Å². The molecule has 1 nitrogen and oxygen atoms in total. The highest BCUT2D eigenvalue weighted by Crippen LogP contribution is 2.29. The van der Waals surface area contributed by atoms with Gasteiger partial charge in [-0.05, 0) is 36.6 Å². The van der Waals surface area contributed by atoms with Crippen molar-refractivity contribution in [1.29, 1.82) is 0 Å². The standard InChI is InChI=1S/C12H17BrO/c1-8-5-10(12(3,4)7-14)6-11(13)9(8)2/h5-6,14H,7H2,1-4H3. The number of hydrogen-bond acceptors (Lipinski definition) is 1. The van der Waals surface area contributed by atoms with Gasteiger partial charge >= 0.3 is 0 Å². The van der Waals surface area contributed by atoms with Crippen molar-refractivity contribution < 1.29 is 5.11 Å². The zero-order valence-corrected chi connectivity index (χ0v) is 10.8. The molecule has 78 valence electrons. The minimum Gasteiger partial charge on any atom is -0.395 e. The van der Waals surface area contributed by atoms with Gasteiger partial charge in [0.1, 0.15) is 0 Å². The number of aliphatic hydroxyl groups is 1. The van der Waals surface area contributed by atoms with Crippen molar-refractivity contribution in [3.05, 3.63) is 33.3 Å². The zero-order chi connectivity index (χ0) is 10.9. The van der Waals surface area contributed by atoms with Gasteiger partial charge in [-0.1, -0.05) is 35.8 Å². The van der Waals surface area contributed by atoms with Gasteiger partial charge in [-0.2, -0.15) is 0 Å². The van der Waals surface area contributed by atoms with Crippen molar-refractivity contribution in [1.82, 2.24) is 0 Å². The largest absolute Gasteiger partial charge is 0.395 e. The molecule has 0 aliphatic rings. The van der Waals surface area contributed by atoms with Gasteiger partial charge in [0.25, 0.3) is 0 Å². The van der Waals surface area contributed by atoms with Crippen LogP contribution in [0.2, 0.25) is 0 Å². The quantitative estimate of drug-likeness (QED) is 0.861. The number of rotatable bonds is 2. The van der Waals surface area contributed by atoms with Crippen LogP contribution in [0, 0.1) is 13.8 Å². The van der Waals surface area contributed by atoms with Crippen molar-refractivity contribution in [3.8, 4) is 0 Å². The molecule has 0 saturated heterocycles. The van der Waals surface area contributed by atoms with Crippen LogP contribution in [0.25, 0.3) is 0 Å². The average Bonchev–Trinajstić information content (AvgIpc) is 2.13. The maximum absolute atomic E-state index is 9.28. The van der Waals surface area contributed by atoms with E-state index in [1.54, 1.807) is 0 Å². The fourth-order valence-electron chi connectivity index (χ4n) is 1.30. The van der Waals surface area contributed by atoms with Gasteiger partial charge in [0.15, 0.2) is 0 Å². The molecule has 0 aliphatic carbocycles. The third-order valence-corrected chi connectivity index (χ3v) is 3.60. The van der Waals surface area contributed by atoms with Crippen LogP contribution < -0.4 is 0 Å². The van der Waals surface area contributed by atoms with Crippen LogP contribution in [0.3, 0.4) is 0 Å². The lowest BCUT2D eigenvalue weighted by Crippen LogP contribution is -2.22. The Morgan fingerprint density at radius 3 is 2.29 bits per heavy atom. The summed E-state index contributed by atoms with van der Waals surface area (Å²) in [7, 11) is 0. The molecule has 0 unspecified atom stereocenters. The van der Waals surface area contributed by atoms with Gasteiger partial charge in [0, 0.05) is 9.89 Å². The average molecular weight is 257 g/mol. The minimum absolute atomic E-state index is 0.166. The topological polar surface area (TPSA) is 20.2 Å². The summed E-state index contributed by atoms with van der Waals surface area (Å²) in [6.45, 7) is 8.45. The van der Waals surface area contributed by atoms with E-state index in [4.69, 9.17) is 0 Å². The second-order valence-electron chi connectivity index (χ2n) is 4.44. The Kier molecular flexibility index (Phi) is 3.38. The first-order valence-corrected chi connectivity index (χ1v) is 5.56. The Bertz CT molecular complexity index is 319. The molecule has 0 saturated carbocycles. The normalized spacial score (nSPS) is 11.9. The van der Waals surface area contributed by atoms with Gasteiger partial charge in [-0.15, -0.1) is 0 Å². The molecule has 1 aromatic carbocycles. The van der Waals surface area contributed by atoms with Crippen molar-refractivity contribution in [2.24, 2.45) is 0 Å². The highest BCUT2D eigenvalue weighted by Gasteiger charge is 2.20. The molecule has 1 aromatic rings. The molecular formula is C12H17BrO. The van der Waals surface area contributed by atoms with E-state index in [-0.39, 0.29) is 12.0 Å². The number of halogens is 1. The molecule has 0 aromatic heterocycles. The fourth-order valence-corrected chi connectivity index (χ4v) is 1.86. The molecule has 0 atom stereocenters. The third kappa shape index (κ3) is 2.18. The van der Waals surface area contributed by atoms with Crippen LogP contribution in [0.5, 0.6) is 0 Å². The molecule has 14 heavy (non-hydrogen) atoms. The summed E-state index contributed by atoms with van der Waals surface area (Å²) in [5.74, 6) is 0. The van der Waals surface area contributed by atoms with Gasteiger partial charge < -0.3 is 5.11 Å². The Labute approximate surface area is 94.3 Å². The lowest BCUT2D eigenvalue weighted by molar-refractivity contribution is 0.218. The summed E-state index contributed by atoms with van der Waals surface area (Å²) in [4.78, 5) is 0. The summed E-state index contributed by atoms with van der Waals surface area (Å²) in [5.41, 5.74) is 3.54. The summed E-state index contributed by atoms with van der Waals surface area (Å²) < 4.78 is 1.12. The SMILES string of the molecule is Cc1cc(C(C)(C)CO)cc(Br)c1C. The smallest absolute Gasteiger partial charge is 0.0522 e. The van der Waals surface area contributed by atoms with E-state index in [1.807, 2.05) is 13.8 Å². The van der Waals surface area contributed by atoms with Gasteiger partial charge in [0.2, 0.25) is 0 Å². The van der Waals surface area contributed by atoms with Gasteiger partial charge in [-0.25, -0.2) is 0 Å². The van der Waals surface area contributed by atoms with Crippen LogP contribution in [0.4, 0.5) is 0 Å². The fraction of sp³-hybridized carbons (Fsp3) is 0.500. The molecule has 1 rings (SSSR count). The first kappa shape index (κ1) is 11.7. The highest BCUT2D eigenvalue weighted by molar-refractivity contribution is 9.10. The second kappa shape index (κ2) is 4.03. The van der Waals surface area contributed by atoms with E-state index in [1.165, 1.54) is 16.7 Å². The van der Waals surface area contributed by atoms with Crippen molar-refractivity contribution in [3.63, 3.8) is 0 Å². The maximum Gasteiger partial charge on any atom is 0.0522 e. The van der Waals surface area contributed by atoms with Gasteiger partial charge in [-0.3, -0.25) is 0 Å². The molecule has 0 bridgehead atoms. The van der Waals surface area contributed by atoms with E-state index < -0.39 is 0 Å². The molecule has 0 fully saturated rings. The van der Waals surface area contributed by atoms with Gasteiger partial charge in [0.05, 0.1) is 6.61 Å². The third-order valence-electron chi connectivity index (χ3n) is 2.78. The summed E-state index contributed by atoms with van der Waals surface area (Å²) in [6.07, 6.45) is 0. The van der Waals surface area contributed by atoms with Crippen LogP contribution in [-0.2, 0) is 5.41 Å². The number of hydrogen-bond donors (Lipinski definition) is 1. The van der Waals surface area contributed by atoms with Crippen LogP contribution in [0.1, 0.15) is 30.5 Å². The molecule has 1 N–H and O–H groups in total. The predicted molar refractivity (Wildman–Crippen MR) is 63.7 cm³/mol. The minimum atomic E-state index is -0.166. The molecule has 0 amide bonds. The Hall–Kier alpha value is -0.340. The molecule has 0 aliphatic heterocycles. The monoisotopic (exact) mass is 256 g/mol. The summed E-state index contributed by atoms with van der Waals surface area (Å²) >= 11 is 3.54. The molecule has 0 radical (unpaired) electrons. The van der Waals surface area contributed by atoms with Crippen molar-refractivity contribution in [2.75, 3.05) is 6.61 Å². The van der Waals surface area contributed by atoms with Crippen LogP contribution in [-0.4, -0.2) is 11.7 Å². The van der Waals surface area contributed by atoms with Crippen molar-refractivity contribution >= 4 is 15.9 Å². The van der Waals surface area contributed by atoms with E-state index in [0.29, 0.717) is 0 Å². The second-order valence-corrected chi connectivity index (χ2v) is 5.30. The Balaban J connectivity index is 3.26. The zero-order valence-electron chi connectivity index (χ0n) is 9.19.